The number of nitrogens with zero attached hydrogens (tertiary/aromatic N) is 2. The van der Waals surface area contributed by atoms with Crippen molar-refractivity contribution in [2.24, 2.45) is 11.8 Å². The van der Waals surface area contributed by atoms with Gasteiger partial charge in [-0.05, 0) is 60.6 Å². The Labute approximate surface area is 233 Å². The second-order valence-electron chi connectivity index (χ2n) is 10.1. The minimum atomic E-state index is -3.95. The van der Waals surface area contributed by atoms with Gasteiger partial charge in [-0.3, -0.25) is 14.5 Å². The molecule has 0 spiro atoms. The molecule has 2 amide bonds. The van der Waals surface area contributed by atoms with E-state index >= 15 is 0 Å². The van der Waals surface area contributed by atoms with Crippen molar-refractivity contribution < 1.29 is 18.0 Å². The summed E-state index contributed by atoms with van der Waals surface area (Å²) >= 11 is 6.51. The number of carbonyl (C=O) groups excluding carboxylic acids is 2. The Balaban J connectivity index is 1.18. The number of carbonyl (C=O) groups is 2. The molecular weight excluding hydrogens is 539 g/mol. The van der Waals surface area contributed by atoms with Crippen LogP contribution in [0.25, 0.3) is 6.08 Å². The minimum absolute atomic E-state index is 0.129. The Hall–Kier alpha value is -2.69. The van der Waals surface area contributed by atoms with E-state index in [1.165, 1.54) is 54.8 Å². The Morgan fingerprint density at radius 3 is 2.47 bits per heavy atom. The fourth-order valence-corrected chi connectivity index (χ4v) is 7.75. The number of thioether (sulfide) groups is 1. The molecule has 2 atom stereocenters. The van der Waals surface area contributed by atoms with Crippen LogP contribution >= 0.6 is 24.0 Å². The number of hydrogen-bond donors (Lipinski definition) is 1. The molecule has 0 bridgehead atoms. The van der Waals surface area contributed by atoms with E-state index in [-0.39, 0.29) is 18.0 Å². The van der Waals surface area contributed by atoms with Crippen LogP contribution in [0.15, 0.2) is 59.5 Å². The van der Waals surface area contributed by atoms with Crippen molar-refractivity contribution in [2.45, 2.75) is 32.1 Å². The van der Waals surface area contributed by atoms with Gasteiger partial charge in [0.2, 0.25) is 10.0 Å². The summed E-state index contributed by atoms with van der Waals surface area (Å²) in [6.45, 7) is 2.08. The predicted molar refractivity (Wildman–Crippen MR) is 156 cm³/mol. The summed E-state index contributed by atoms with van der Waals surface area (Å²) in [6.07, 6.45) is 8.50. The van der Waals surface area contributed by atoms with Crippen LogP contribution in [-0.2, 0) is 14.8 Å². The van der Waals surface area contributed by atoms with Gasteiger partial charge in [-0.25, -0.2) is 13.1 Å². The number of rotatable bonds is 7. The van der Waals surface area contributed by atoms with Crippen LogP contribution in [0.5, 0.6) is 0 Å². The molecule has 3 aliphatic rings. The van der Waals surface area contributed by atoms with Crippen LogP contribution in [0.2, 0.25) is 0 Å². The molecule has 2 aromatic carbocycles. The Bertz CT molecular complexity index is 1340. The van der Waals surface area contributed by atoms with Gasteiger partial charge in [0.05, 0.1) is 10.7 Å². The van der Waals surface area contributed by atoms with Gasteiger partial charge in [0, 0.05) is 30.9 Å². The van der Waals surface area contributed by atoms with Gasteiger partial charge < -0.3 is 4.90 Å². The summed E-state index contributed by atoms with van der Waals surface area (Å²) in [4.78, 5) is 29.4. The lowest BCUT2D eigenvalue weighted by Gasteiger charge is -2.42. The third kappa shape index (κ3) is 6.30. The van der Waals surface area contributed by atoms with Gasteiger partial charge in [-0.15, -0.1) is 0 Å². The number of benzene rings is 2. The molecule has 2 aliphatic heterocycles. The molecule has 10 heteroatoms. The lowest BCUT2D eigenvalue weighted by molar-refractivity contribution is -0.121. The lowest BCUT2D eigenvalue weighted by Crippen LogP contribution is -2.41. The maximum Gasteiger partial charge on any atom is 0.266 e. The average molecular weight is 570 g/mol. The van der Waals surface area contributed by atoms with Crippen LogP contribution < -0.4 is 9.62 Å². The number of hydrogen-bond acceptors (Lipinski definition) is 7. The third-order valence-electron chi connectivity index (χ3n) is 7.59. The number of piperidine rings is 1. The van der Waals surface area contributed by atoms with Crippen molar-refractivity contribution in [3.8, 4) is 0 Å². The summed E-state index contributed by atoms with van der Waals surface area (Å²) < 4.78 is 27.3. The van der Waals surface area contributed by atoms with E-state index in [1.807, 2.05) is 12.1 Å². The highest BCUT2D eigenvalue weighted by Gasteiger charge is 2.33. The van der Waals surface area contributed by atoms with E-state index in [1.54, 1.807) is 24.3 Å². The second-order valence-corrected chi connectivity index (χ2v) is 13.6. The van der Waals surface area contributed by atoms with Gasteiger partial charge in [-0.2, -0.15) is 0 Å². The molecule has 1 N–H and O–H groups in total. The van der Waals surface area contributed by atoms with E-state index < -0.39 is 21.7 Å². The zero-order valence-corrected chi connectivity index (χ0v) is 23.5. The molecular formula is C28H31N3O4S3. The van der Waals surface area contributed by atoms with Crippen molar-refractivity contribution in [1.29, 1.82) is 0 Å². The maximum atomic E-state index is 13.0. The fourth-order valence-electron chi connectivity index (χ4n) is 5.51. The van der Waals surface area contributed by atoms with Crippen molar-refractivity contribution in [1.82, 2.24) is 9.62 Å². The molecule has 2 heterocycles. The molecule has 7 nitrogen and oxygen atoms in total. The predicted octanol–water partition coefficient (Wildman–Crippen LogP) is 4.66. The quantitative estimate of drug-likeness (QED) is 0.383. The summed E-state index contributed by atoms with van der Waals surface area (Å²) in [5.41, 5.74) is 2.35. The van der Waals surface area contributed by atoms with Gasteiger partial charge in [0.15, 0.2) is 0 Å². The molecule has 38 heavy (non-hydrogen) atoms. The monoisotopic (exact) mass is 569 g/mol. The average Bonchev–Trinajstić information content (AvgIpc) is 3.19. The first-order valence-corrected chi connectivity index (χ1v) is 15.9. The summed E-state index contributed by atoms with van der Waals surface area (Å²) in [6, 6.07) is 16.3. The molecule has 0 aromatic heterocycles. The molecule has 1 aliphatic carbocycles. The smallest absolute Gasteiger partial charge is 0.266 e. The first-order valence-electron chi connectivity index (χ1n) is 13.0. The Morgan fingerprint density at radius 2 is 1.74 bits per heavy atom. The van der Waals surface area contributed by atoms with Gasteiger partial charge >= 0.3 is 0 Å². The first-order chi connectivity index (χ1) is 18.3. The lowest BCUT2D eigenvalue weighted by atomic mass is 9.75. The number of amides is 2. The van der Waals surface area contributed by atoms with Crippen LogP contribution in [0.1, 0.15) is 48.0 Å². The number of sulfonamides is 1. The molecule has 2 aromatic rings. The number of nitrogens with one attached hydrogen (secondary N) is 1. The standard InChI is InChI=1S/C28H31N3O4S3/c32-26(22-7-2-1-3-8-22)29-38(34,35)17-16-31-27(33)25(37-28(31)36)18-20-10-12-24(13-11-20)30-15-14-21-6-4-5-9-23(21)19-30/h1-3,7-8,10-13,18,21,23H,4-6,9,14-17,19H2,(H,29,32)/b25-18-. The van der Waals surface area contributed by atoms with E-state index in [2.05, 4.69) is 21.8 Å². The summed E-state index contributed by atoms with van der Waals surface area (Å²) in [7, 11) is -3.95. The number of anilines is 1. The number of fused-ring (bicyclic) bond motifs is 1. The van der Waals surface area contributed by atoms with Crippen LogP contribution in [0.3, 0.4) is 0 Å². The van der Waals surface area contributed by atoms with Crippen molar-refractivity contribution >= 4 is 61.9 Å². The highest BCUT2D eigenvalue weighted by atomic mass is 32.2. The topological polar surface area (TPSA) is 86.8 Å². The van der Waals surface area contributed by atoms with Gasteiger partial charge in [0.25, 0.3) is 11.8 Å². The molecule has 200 valence electrons. The molecule has 3 fully saturated rings. The van der Waals surface area contributed by atoms with E-state index in [4.69, 9.17) is 12.2 Å². The zero-order valence-electron chi connectivity index (χ0n) is 21.0. The van der Waals surface area contributed by atoms with Crippen molar-refractivity contribution in [3.05, 3.63) is 70.6 Å². The highest BCUT2D eigenvalue weighted by Crippen LogP contribution is 2.38. The number of thiocarbonyl (C=S) groups is 1. The molecule has 0 radical (unpaired) electrons. The Morgan fingerprint density at radius 1 is 1.03 bits per heavy atom. The third-order valence-corrected chi connectivity index (χ3v) is 10.2. The van der Waals surface area contributed by atoms with E-state index in [0.717, 1.165) is 42.3 Å². The maximum absolute atomic E-state index is 13.0. The van der Waals surface area contributed by atoms with E-state index in [9.17, 15) is 18.0 Å². The zero-order chi connectivity index (χ0) is 26.7. The van der Waals surface area contributed by atoms with Crippen LogP contribution in [0.4, 0.5) is 5.69 Å². The SMILES string of the molecule is O=C(NS(=O)(=O)CCN1C(=O)/C(=C/c2ccc(N3CCC4CCCCC4C3)cc2)SC1=S)c1ccccc1. The van der Waals surface area contributed by atoms with Gasteiger partial charge in [-0.1, -0.05) is 73.6 Å². The summed E-state index contributed by atoms with van der Waals surface area (Å²) in [5, 5.41) is 0. The fraction of sp³-hybridized carbons (Fsp3) is 0.393. The van der Waals surface area contributed by atoms with E-state index in [0.29, 0.717) is 9.23 Å². The Kier molecular flexibility index (Phi) is 8.20. The van der Waals surface area contributed by atoms with Crippen LogP contribution in [-0.4, -0.2) is 54.8 Å². The molecule has 2 saturated heterocycles. The summed E-state index contributed by atoms with van der Waals surface area (Å²) in [5.74, 6) is 0.221. The van der Waals surface area contributed by atoms with Crippen LogP contribution in [0, 0.1) is 11.8 Å². The highest BCUT2D eigenvalue weighted by molar-refractivity contribution is 8.26. The second kappa shape index (κ2) is 11.6. The van der Waals surface area contributed by atoms with Gasteiger partial charge in [0.1, 0.15) is 4.32 Å². The molecule has 5 rings (SSSR count). The van der Waals surface area contributed by atoms with Crippen molar-refractivity contribution in [3.63, 3.8) is 0 Å². The molecule has 1 saturated carbocycles. The largest absolute Gasteiger partial charge is 0.371 e. The normalized spacial score (nSPS) is 23.0. The van der Waals surface area contributed by atoms with Crippen molar-refractivity contribution in [2.75, 3.05) is 30.3 Å². The molecule has 2 unspecified atom stereocenters. The first kappa shape index (κ1) is 26.9. The minimum Gasteiger partial charge on any atom is -0.371 e.